The van der Waals surface area contributed by atoms with Crippen LogP contribution < -0.4 is 9.47 Å². The highest BCUT2D eigenvalue weighted by Crippen LogP contribution is 2.28. The Balaban J connectivity index is 1.96. The minimum Gasteiger partial charge on any atom is -0.505 e. The number of nitro groups is 1. The minimum atomic E-state index is -0.701. The molecule has 0 aliphatic heterocycles. The first-order valence-electron chi connectivity index (χ1n) is 11.0. The fraction of sp³-hybridized carbons (Fsp3) is 0.0741. The molecule has 0 heterocycles. The summed E-state index contributed by atoms with van der Waals surface area (Å²) < 4.78 is 10.1. The second-order valence-corrected chi connectivity index (χ2v) is 7.60. The highest BCUT2D eigenvalue weighted by atomic mass is 16.6. The number of rotatable bonds is 10. The monoisotopic (exact) mass is 517 g/mol. The van der Waals surface area contributed by atoms with Gasteiger partial charge in [-0.2, -0.15) is 5.11 Å². The van der Waals surface area contributed by atoms with E-state index < -0.39 is 22.2 Å². The predicted molar refractivity (Wildman–Crippen MR) is 140 cm³/mol. The summed E-state index contributed by atoms with van der Waals surface area (Å²) in [5, 5.41) is 48.9. The van der Waals surface area contributed by atoms with Gasteiger partial charge in [0, 0.05) is 12.1 Å². The molecule has 3 N–H and O–H groups in total. The number of hydrogen-bond donors (Lipinski definition) is 3. The van der Waals surface area contributed by atoms with E-state index in [0.717, 1.165) is 6.08 Å². The van der Waals surface area contributed by atoms with Gasteiger partial charge in [0.1, 0.15) is 5.76 Å². The Morgan fingerprint density at radius 2 is 1.39 bits per heavy atom. The highest BCUT2D eigenvalue weighted by molar-refractivity contribution is 6.06. The standard InChI is InChI=1S/C27H23N3O8/c1-37-25-15-17(3-11-21(25)31)5-13-23(33)27(29-28-19-7-9-20(10-8-19)30(35)36)24(34)14-6-18-4-12-22(32)26(16-18)38-2/h3-16,31-33H,1-2H3/b13-5?,14-6?,27-23+,29-28?. The van der Waals surface area contributed by atoms with Crippen LogP contribution in [0.25, 0.3) is 12.2 Å². The number of benzene rings is 3. The number of carbonyl (C=O) groups excluding carboxylic acids is 1. The van der Waals surface area contributed by atoms with Crippen molar-refractivity contribution in [3.05, 3.63) is 106 Å². The molecular weight excluding hydrogens is 494 g/mol. The SMILES string of the molecule is COc1cc(C=CC(=O)/C(N=Nc2ccc([N+](=O)[O-])cc2)=C(\O)C=Cc2ccc(O)c(OC)c2)ccc1O. The van der Waals surface area contributed by atoms with Crippen LogP contribution >= 0.6 is 0 Å². The molecule has 11 nitrogen and oxygen atoms in total. The third-order valence-electron chi connectivity index (χ3n) is 5.07. The molecule has 0 saturated heterocycles. The highest BCUT2D eigenvalue weighted by Gasteiger charge is 2.13. The number of allylic oxidation sites excluding steroid dienone is 2. The third-order valence-corrected chi connectivity index (χ3v) is 5.07. The van der Waals surface area contributed by atoms with Crippen LogP contribution in [0.4, 0.5) is 11.4 Å². The van der Waals surface area contributed by atoms with Crippen molar-refractivity contribution in [2.75, 3.05) is 14.2 Å². The van der Waals surface area contributed by atoms with Crippen LogP contribution in [0.1, 0.15) is 11.1 Å². The van der Waals surface area contributed by atoms with E-state index in [4.69, 9.17) is 9.47 Å². The largest absolute Gasteiger partial charge is 0.505 e. The Morgan fingerprint density at radius 1 is 0.868 bits per heavy atom. The molecule has 0 atom stereocenters. The first kappa shape index (κ1) is 27.1. The molecule has 0 saturated carbocycles. The molecule has 0 unspecified atom stereocenters. The summed E-state index contributed by atoms with van der Waals surface area (Å²) >= 11 is 0. The second-order valence-electron chi connectivity index (χ2n) is 7.60. The molecule has 3 aromatic carbocycles. The van der Waals surface area contributed by atoms with Crippen molar-refractivity contribution in [3.63, 3.8) is 0 Å². The maximum Gasteiger partial charge on any atom is 0.269 e. The maximum atomic E-state index is 13.0. The molecule has 194 valence electrons. The van der Waals surface area contributed by atoms with Gasteiger partial charge in [-0.25, -0.2) is 0 Å². The quantitative estimate of drug-likeness (QED) is 0.0750. The van der Waals surface area contributed by atoms with Gasteiger partial charge >= 0.3 is 0 Å². The topological polar surface area (TPSA) is 164 Å². The van der Waals surface area contributed by atoms with Crippen molar-refractivity contribution in [1.29, 1.82) is 0 Å². The molecule has 0 radical (unpaired) electrons. The number of ketones is 1. The number of nitrogens with zero attached hydrogens (tertiary/aromatic N) is 3. The Kier molecular flexibility index (Phi) is 8.92. The maximum absolute atomic E-state index is 13.0. The third kappa shape index (κ3) is 7.04. The van der Waals surface area contributed by atoms with Gasteiger partial charge in [-0.05, 0) is 59.7 Å². The van der Waals surface area contributed by atoms with E-state index in [-0.39, 0.29) is 34.4 Å². The Labute approximate surface area is 217 Å². The lowest BCUT2D eigenvalue weighted by atomic mass is 10.1. The smallest absolute Gasteiger partial charge is 0.269 e. The van der Waals surface area contributed by atoms with Crippen LogP contribution in [-0.4, -0.2) is 40.2 Å². The average molecular weight is 517 g/mol. The Hall–Kier alpha value is -5.45. The number of methoxy groups -OCH3 is 2. The zero-order valence-corrected chi connectivity index (χ0v) is 20.3. The van der Waals surface area contributed by atoms with Gasteiger partial charge in [-0.1, -0.05) is 24.3 Å². The van der Waals surface area contributed by atoms with Crippen molar-refractivity contribution in [2.45, 2.75) is 0 Å². The van der Waals surface area contributed by atoms with E-state index in [2.05, 4.69) is 10.2 Å². The van der Waals surface area contributed by atoms with Crippen LogP contribution in [0.3, 0.4) is 0 Å². The van der Waals surface area contributed by atoms with Crippen molar-refractivity contribution in [2.24, 2.45) is 10.2 Å². The van der Waals surface area contributed by atoms with E-state index in [1.54, 1.807) is 12.1 Å². The van der Waals surface area contributed by atoms with E-state index >= 15 is 0 Å². The number of phenols is 2. The second kappa shape index (κ2) is 12.5. The van der Waals surface area contributed by atoms with Gasteiger partial charge in [0.25, 0.3) is 5.69 Å². The summed E-state index contributed by atoms with van der Waals surface area (Å²) in [5.41, 5.74) is 0.751. The molecule has 3 rings (SSSR count). The van der Waals surface area contributed by atoms with E-state index in [0.29, 0.717) is 11.1 Å². The average Bonchev–Trinajstić information content (AvgIpc) is 2.92. The predicted octanol–water partition coefficient (Wildman–Crippen LogP) is 5.87. The number of non-ortho nitro benzene ring substituents is 1. The summed E-state index contributed by atoms with van der Waals surface area (Å²) in [6.07, 6.45) is 5.29. The summed E-state index contributed by atoms with van der Waals surface area (Å²) in [6.45, 7) is 0. The molecule has 0 aliphatic carbocycles. The summed E-state index contributed by atoms with van der Waals surface area (Å²) in [6, 6.07) is 14.1. The molecule has 38 heavy (non-hydrogen) atoms. The summed E-state index contributed by atoms with van der Waals surface area (Å²) in [7, 11) is 2.78. The fourth-order valence-corrected chi connectivity index (χ4v) is 3.08. The molecule has 0 aromatic heterocycles. The van der Waals surface area contributed by atoms with Crippen LogP contribution in [-0.2, 0) is 4.79 Å². The molecule has 0 aliphatic rings. The zero-order valence-electron chi connectivity index (χ0n) is 20.3. The van der Waals surface area contributed by atoms with Crippen LogP contribution in [0.15, 0.2) is 94.5 Å². The van der Waals surface area contributed by atoms with Gasteiger partial charge in [0.2, 0.25) is 5.78 Å². The van der Waals surface area contributed by atoms with E-state index in [1.165, 1.54) is 81.0 Å². The van der Waals surface area contributed by atoms with Crippen LogP contribution in [0.2, 0.25) is 0 Å². The number of ether oxygens (including phenoxy) is 2. The molecule has 11 heteroatoms. The number of aromatic hydroxyl groups is 2. The number of hydrogen-bond acceptors (Lipinski definition) is 10. The van der Waals surface area contributed by atoms with Crippen molar-refractivity contribution >= 4 is 29.3 Å². The molecule has 0 amide bonds. The van der Waals surface area contributed by atoms with Gasteiger partial charge < -0.3 is 24.8 Å². The number of azo groups is 1. The number of aliphatic hydroxyl groups excluding tert-OH is 1. The molecule has 3 aromatic rings. The summed E-state index contributed by atoms with van der Waals surface area (Å²) in [5.74, 6) is -0.913. The number of phenolic OH excluding ortho intramolecular Hbond substituents is 2. The lowest BCUT2D eigenvalue weighted by molar-refractivity contribution is -0.384. The molecular formula is C27H23N3O8. The zero-order chi connectivity index (χ0) is 27.7. The van der Waals surface area contributed by atoms with Gasteiger partial charge in [-0.3, -0.25) is 14.9 Å². The first-order valence-corrected chi connectivity index (χ1v) is 11.0. The number of nitro benzene ring substituents is 1. The number of carbonyl (C=O) groups is 1. The van der Waals surface area contributed by atoms with Gasteiger partial charge in [-0.15, -0.1) is 5.11 Å². The van der Waals surface area contributed by atoms with Crippen molar-refractivity contribution in [3.8, 4) is 23.0 Å². The fourth-order valence-electron chi connectivity index (χ4n) is 3.08. The normalized spacial score (nSPS) is 12.2. The number of aliphatic hydroxyl groups is 1. The first-order chi connectivity index (χ1) is 18.2. The molecule has 0 fully saturated rings. The van der Waals surface area contributed by atoms with E-state index in [9.17, 15) is 30.2 Å². The van der Waals surface area contributed by atoms with E-state index in [1.807, 2.05) is 0 Å². The van der Waals surface area contributed by atoms with Crippen molar-refractivity contribution < 1.29 is 34.5 Å². The lowest BCUT2D eigenvalue weighted by Crippen LogP contribution is -1.99. The molecule has 0 bridgehead atoms. The Bertz CT molecular complexity index is 1460. The van der Waals surface area contributed by atoms with Crippen LogP contribution in [0.5, 0.6) is 23.0 Å². The molecule has 0 spiro atoms. The van der Waals surface area contributed by atoms with Gasteiger partial charge in [0.15, 0.2) is 28.7 Å². The summed E-state index contributed by atoms with van der Waals surface area (Å²) in [4.78, 5) is 23.3. The Morgan fingerprint density at radius 3 is 1.89 bits per heavy atom. The lowest BCUT2D eigenvalue weighted by Gasteiger charge is -2.04. The van der Waals surface area contributed by atoms with Crippen LogP contribution in [0, 0.1) is 10.1 Å². The minimum absolute atomic E-state index is 0.0619. The van der Waals surface area contributed by atoms with Crippen molar-refractivity contribution in [1.82, 2.24) is 0 Å². The van der Waals surface area contributed by atoms with Gasteiger partial charge in [0.05, 0.1) is 24.8 Å².